The molecule has 0 atom stereocenters. The Morgan fingerprint density at radius 1 is 0.356 bits per heavy atom. The number of aryl methyl sites for hydroxylation is 3. The summed E-state index contributed by atoms with van der Waals surface area (Å²) in [5.41, 5.74) is 3.54. The number of aromatic nitrogens is 8. The van der Waals surface area contributed by atoms with Crippen molar-refractivity contribution in [2.24, 2.45) is 0 Å². The van der Waals surface area contributed by atoms with Crippen LogP contribution in [0.1, 0.15) is 75.1 Å². The van der Waals surface area contributed by atoms with Gasteiger partial charge < -0.3 is 40.2 Å². The zero-order chi connectivity index (χ0) is 71.7. The van der Waals surface area contributed by atoms with Crippen molar-refractivity contribution in [2.45, 2.75) is 33.1 Å². The summed E-state index contributed by atoms with van der Waals surface area (Å²) >= 11 is 0. The fourth-order valence-corrected chi connectivity index (χ4v) is 8.54. The highest BCUT2D eigenvalue weighted by Gasteiger charge is 2.33. The number of nitrogens with one attached hydrogen (secondary N) is 4. The van der Waals surface area contributed by atoms with Gasteiger partial charge in [-0.15, -0.1) is 6.42 Å². The first-order chi connectivity index (χ1) is 48.6. The first kappa shape index (κ1) is 71.6. The molecule has 4 aromatic carbocycles. The highest BCUT2D eigenvalue weighted by Crippen LogP contribution is 2.32. The van der Waals surface area contributed by atoms with Gasteiger partial charge in [-0.2, -0.15) is 46.3 Å². The Labute approximate surface area is 573 Å². The summed E-state index contributed by atoms with van der Waals surface area (Å²) in [5, 5.41) is 10.8. The minimum atomic E-state index is -4.53. The Balaban J connectivity index is 0.000000157. The maximum atomic E-state index is 12.5. The summed E-state index contributed by atoms with van der Waals surface area (Å²) in [4.78, 5) is 80.4. The van der Waals surface area contributed by atoms with Crippen LogP contribution in [-0.2, 0) is 12.4 Å². The fourth-order valence-electron chi connectivity index (χ4n) is 8.54. The minimum absolute atomic E-state index is 0.0747. The number of anilines is 4. The summed E-state index contributed by atoms with van der Waals surface area (Å²) in [5.74, 6) is 4.89. The van der Waals surface area contributed by atoms with Crippen molar-refractivity contribution in [3.63, 3.8) is 0 Å². The third-order valence-electron chi connectivity index (χ3n) is 13.2. The minimum Gasteiger partial charge on any atom is -0.437 e. The summed E-state index contributed by atoms with van der Waals surface area (Å²) < 4.78 is 97.2. The number of ether oxygens (including phenoxy) is 4. The summed E-state index contributed by atoms with van der Waals surface area (Å²) in [6, 6.07) is 59.1. The van der Waals surface area contributed by atoms with Crippen LogP contribution >= 0.6 is 0 Å². The van der Waals surface area contributed by atoms with Crippen molar-refractivity contribution < 1.29 is 64.5 Å². The van der Waals surface area contributed by atoms with Crippen LogP contribution < -0.4 is 40.2 Å². The molecule has 0 aliphatic carbocycles. The van der Waals surface area contributed by atoms with Crippen molar-refractivity contribution in [1.29, 1.82) is 0 Å². The molecular formula is C75H56F6N12O8. The van der Waals surface area contributed by atoms with E-state index < -0.39 is 29.6 Å². The molecule has 0 aliphatic heterocycles. The van der Waals surface area contributed by atoms with Crippen molar-refractivity contribution in [3.8, 4) is 58.9 Å². The number of rotatable bonds is 16. The third kappa shape index (κ3) is 22.7. The van der Waals surface area contributed by atoms with E-state index in [9.17, 15) is 45.5 Å². The number of alkyl halides is 6. The molecule has 0 spiro atoms. The lowest BCUT2D eigenvalue weighted by molar-refractivity contribution is -0.142. The topological polar surface area (TPSA) is 256 Å². The van der Waals surface area contributed by atoms with Gasteiger partial charge in [0.25, 0.3) is 23.6 Å². The van der Waals surface area contributed by atoms with Gasteiger partial charge in [-0.3, -0.25) is 29.1 Å². The number of pyridine rings is 8. The average Bonchev–Trinajstić information content (AvgIpc) is 0.878. The van der Waals surface area contributed by atoms with E-state index in [1.165, 1.54) is 12.1 Å². The lowest BCUT2D eigenvalue weighted by Gasteiger charge is -2.09. The molecule has 12 aromatic rings. The van der Waals surface area contributed by atoms with Crippen molar-refractivity contribution in [3.05, 3.63) is 311 Å². The number of carbonyl (C=O) groups is 4. The number of carbonyl (C=O) groups excluding carboxylic acids is 4. The van der Waals surface area contributed by atoms with E-state index in [1.807, 2.05) is 63.2 Å². The van der Waals surface area contributed by atoms with Crippen LogP contribution in [-0.4, -0.2) is 63.5 Å². The van der Waals surface area contributed by atoms with Crippen molar-refractivity contribution >= 4 is 46.9 Å². The molecule has 4 N–H and O–H groups in total. The molecule has 0 fully saturated rings. The lowest BCUT2D eigenvalue weighted by Crippen LogP contribution is -2.13. The van der Waals surface area contributed by atoms with Gasteiger partial charge in [0.05, 0.1) is 24.8 Å². The van der Waals surface area contributed by atoms with Crippen LogP contribution in [0.15, 0.2) is 256 Å². The Kier molecular flexibility index (Phi) is 24.3. The van der Waals surface area contributed by atoms with E-state index >= 15 is 0 Å². The van der Waals surface area contributed by atoms with E-state index in [0.29, 0.717) is 62.7 Å². The maximum Gasteiger partial charge on any atom is 0.433 e. The molecule has 26 heteroatoms. The van der Waals surface area contributed by atoms with Crippen LogP contribution in [0.5, 0.6) is 46.5 Å². The van der Waals surface area contributed by atoms with Gasteiger partial charge in [0.1, 0.15) is 57.7 Å². The number of hydrogen-bond acceptors (Lipinski definition) is 16. The average molecular weight is 1370 g/mol. The number of terminal acetylenes is 1. The van der Waals surface area contributed by atoms with Gasteiger partial charge in [-0.1, -0.05) is 89.3 Å². The fraction of sp³-hybridized carbons (Fsp3) is 0.0667. The second kappa shape index (κ2) is 34.3. The summed E-state index contributed by atoms with van der Waals surface area (Å²) in [7, 11) is 0. The predicted octanol–water partition coefficient (Wildman–Crippen LogP) is 17.0. The Hall–Kier alpha value is -13.7. The highest BCUT2D eigenvalue weighted by atomic mass is 19.4. The molecular weight excluding hydrogens is 1310 g/mol. The zero-order valence-electron chi connectivity index (χ0n) is 53.4. The normalized spacial score (nSPS) is 10.6. The molecule has 506 valence electrons. The lowest BCUT2D eigenvalue weighted by atomic mass is 10.1. The van der Waals surface area contributed by atoms with Gasteiger partial charge >= 0.3 is 12.4 Å². The molecule has 0 radical (unpaired) electrons. The number of nitrogens with zero attached hydrogens (tertiary/aromatic N) is 8. The van der Waals surface area contributed by atoms with Crippen LogP contribution in [0.2, 0.25) is 0 Å². The molecule has 0 bridgehead atoms. The third-order valence-corrected chi connectivity index (χ3v) is 13.2. The molecule has 0 unspecified atom stereocenters. The number of amides is 4. The van der Waals surface area contributed by atoms with Gasteiger partial charge in [-0.05, 0) is 148 Å². The maximum absolute atomic E-state index is 12.5. The SMILES string of the molecule is C#Cc1cccc(C(=O)Nc2cccc(Oc3ccc(C(F)(F)F)nc3)n2)c1.Cc1cccc(C(=O)Nc2cccc(Oc3ccc(C(F)(F)F)nc3)n2)c1.Cc1cccc(C(=O)Nc2cccc(Oc3cccnc3)n2)c1.Cc1cccc(C(=O)Nc2cccc(Oc3cccnc3)n2)c1. The molecule has 20 nitrogen and oxygen atoms in total. The molecule has 0 saturated carbocycles. The standard InChI is InChI=1S/C20H12F3N3O2.C19H14F3N3O2.2C18H15N3O2/c1-2-13-5-3-6-14(11-13)19(27)26-17-7-4-8-18(25-17)28-15-9-10-16(24-12-15)20(21,22)23;1-12-4-2-5-13(10-12)18(26)25-16-6-3-7-17(24-16)27-14-8-9-15(23-11-14)19(20,21)22;2*1-13-5-2-6-14(11-13)18(22)21-16-8-3-9-17(20-16)23-15-7-4-10-19-12-15/h1,3-12H,(H,25,26,27);2-11H,1H3,(H,24,25,26);2*2-12H,1H3,(H,20,21,22). The van der Waals surface area contributed by atoms with E-state index in [2.05, 4.69) is 67.1 Å². The molecule has 4 amide bonds. The molecule has 8 heterocycles. The van der Waals surface area contributed by atoms with E-state index in [0.717, 1.165) is 53.3 Å². The predicted molar refractivity (Wildman–Crippen MR) is 364 cm³/mol. The molecule has 101 heavy (non-hydrogen) atoms. The zero-order valence-corrected chi connectivity index (χ0v) is 53.4. The van der Waals surface area contributed by atoms with Crippen LogP contribution in [0.25, 0.3) is 0 Å². The van der Waals surface area contributed by atoms with Gasteiger partial charge in [0, 0.05) is 64.5 Å². The number of halogens is 6. The molecule has 0 aliphatic rings. The first-order valence-corrected chi connectivity index (χ1v) is 30.1. The summed E-state index contributed by atoms with van der Waals surface area (Å²) in [6.07, 6.45) is 4.70. The van der Waals surface area contributed by atoms with E-state index in [-0.39, 0.29) is 52.6 Å². The largest absolute Gasteiger partial charge is 0.437 e. The van der Waals surface area contributed by atoms with Crippen LogP contribution in [0.4, 0.5) is 49.6 Å². The Morgan fingerprint density at radius 2 is 0.653 bits per heavy atom. The van der Waals surface area contributed by atoms with Crippen LogP contribution in [0.3, 0.4) is 0 Å². The molecule has 0 saturated heterocycles. The van der Waals surface area contributed by atoms with Gasteiger partial charge in [-0.25, -0.2) is 9.97 Å². The monoisotopic (exact) mass is 1370 g/mol. The highest BCUT2D eigenvalue weighted by molar-refractivity contribution is 6.06. The van der Waals surface area contributed by atoms with Gasteiger partial charge in [0.15, 0.2) is 0 Å². The van der Waals surface area contributed by atoms with Crippen molar-refractivity contribution in [1.82, 2.24) is 39.9 Å². The second-order valence-corrected chi connectivity index (χ2v) is 21.1. The first-order valence-electron chi connectivity index (χ1n) is 30.1. The smallest absolute Gasteiger partial charge is 0.433 e. The summed E-state index contributed by atoms with van der Waals surface area (Å²) in [6.45, 7) is 5.76. The molecule has 8 aromatic heterocycles. The second-order valence-electron chi connectivity index (χ2n) is 21.1. The number of benzene rings is 4. The Bertz CT molecular complexity index is 4720. The molecule has 12 rings (SSSR count). The van der Waals surface area contributed by atoms with E-state index in [1.54, 1.807) is 164 Å². The van der Waals surface area contributed by atoms with Crippen LogP contribution in [0, 0.1) is 33.1 Å². The number of hydrogen-bond donors (Lipinski definition) is 4. The van der Waals surface area contributed by atoms with Gasteiger partial charge in [0.2, 0.25) is 23.5 Å². The van der Waals surface area contributed by atoms with Crippen molar-refractivity contribution in [2.75, 3.05) is 21.3 Å². The van der Waals surface area contributed by atoms with E-state index in [4.69, 9.17) is 25.4 Å². The quantitative estimate of drug-likeness (QED) is 0.0518. The Morgan fingerprint density at radius 3 is 0.921 bits per heavy atom.